The van der Waals surface area contributed by atoms with Crippen LogP contribution in [0.1, 0.15) is 5.56 Å². The van der Waals surface area contributed by atoms with E-state index < -0.39 is 0 Å². The van der Waals surface area contributed by atoms with Crippen LogP contribution in [0, 0.1) is 18.6 Å². The highest BCUT2D eigenvalue weighted by atomic mass is 19.1. The molecule has 7 aromatic carbocycles. The first kappa shape index (κ1) is 31.5. The molecule has 3 aromatic heterocycles. The Hall–Kier alpha value is -7.19. The molecule has 0 fully saturated rings. The molecule has 0 amide bonds. The summed E-state index contributed by atoms with van der Waals surface area (Å²) in [5.41, 5.74) is 11.4. The number of aryl methyl sites for hydroxylation is 1. The number of aromatic nitrogens is 6. The Morgan fingerprint density at radius 2 is 0.667 bits per heavy atom. The molecular formula is C46H30F2N6. The third-order valence-electron chi connectivity index (χ3n) is 9.85. The van der Waals surface area contributed by atoms with Crippen LogP contribution in [0.25, 0.3) is 84.3 Å². The molecule has 0 saturated carbocycles. The van der Waals surface area contributed by atoms with Gasteiger partial charge in [-0.05, 0) is 122 Å². The van der Waals surface area contributed by atoms with Crippen LogP contribution in [-0.4, -0.2) is 28.7 Å². The van der Waals surface area contributed by atoms with Crippen LogP contribution in [0.15, 0.2) is 164 Å². The third-order valence-corrected chi connectivity index (χ3v) is 9.85. The van der Waals surface area contributed by atoms with Gasteiger partial charge in [-0.15, -0.1) is 0 Å². The second-order valence-corrected chi connectivity index (χ2v) is 13.4. The molecule has 0 aliphatic heterocycles. The van der Waals surface area contributed by atoms with Crippen LogP contribution in [0.5, 0.6) is 0 Å². The zero-order valence-electron chi connectivity index (χ0n) is 29.0. The Morgan fingerprint density at radius 1 is 0.370 bits per heavy atom. The molecule has 10 aromatic rings. The second kappa shape index (κ2) is 12.5. The summed E-state index contributed by atoms with van der Waals surface area (Å²) in [5, 5.41) is 0. The minimum Gasteiger partial charge on any atom is -0.292 e. The number of hydrogen-bond acceptors (Lipinski definition) is 3. The van der Waals surface area contributed by atoms with E-state index in [0.29, 0.717) is 11.6 Å². The minimum absolute atomic E-state index is 0.316. The number of halogens is 2. The summed E-state index contributed by atoms with van der Waals surface area (Å²) in [6.07, 6.45) is 0. The normalized spacial score (nSPS) is 11.6. The Kier molecular flexibility index (Phi) is 7.30. The molecule has 6 nitrogen and oxygen atoms in total. The summed E-state index contributed by atoms with van der Waals surface area (Å²) in [7, 11) is 0. The lowest BCUT2D eigenvalue weighted by Gasteiger charge is -2.15. The average molecular weight is 705 g/mol. The molecule has 0 spiro atoms. The van der Waals surface area contributed by atoms with Gasteiger partial charge >= 0.3 is 0 Å². The van der Waals surface area contributed by atoms with Gasteiger partial charge in [-0.3, -0.25) is 13.7 Å². The molecule has 0 radical (unpaired) electrons. The number of rotatable bonds is 6. The molecule has 10 rings (SSSR count). The van der Waals surface area contributed by atoms with Crippen molar-refractivity contribution in [2.75, 3.05) is 0 Å². The summed E-state index contributed by atoms with van der Waals surface area (Å²) in [5.74, 6) is 1.46. The Balaban J connectivity index is 1.30. The van der Waals surface area contributed by atoms with Crippen LogP contribution in [0.2, 0.25) is 0 Å². The van der Waals surface area contributed by atoms with Crippen molar-refractivity contribution >= 4 is 33.1 Å². The van der Waals surface area contributed by atoms with Crippen molar-refractivity contribution in [3.8, 4) is 51.2 Å². The first-order valence-electron chi connectivity index (χ1n) is 17.7. The first-order chi connectivity index (χ1) is 26.5. The van der Waals surface area contributed by atoms with E-state index in [2.05, 4.69) is 69.2 Å². The largest absolute Gasteiger partial charge is 0.292 e. The predicted molar refractivity (Wildman–Crippen MR) is 211 cm³/mol. The molecule has 0 N–H and O–H groups in total. The number of benzene rings is 7. The summed E-state index contributed by atoms with van der Waals surface area (Å²) in [6.45, 7) is 2.08. The zero-order chi connectivity index (χ0) is 36.3. The SMILES string of the molecule is Cc1ccc(-n2c(-c3cc(-c4nc5ccccc5n4-c4ccc(F)cc4)cc(-c4nc5ccccc5n4-c4ccc(F)cc4)c3)nc3ccccc32)cc1. The molecule has 8 heteroatoms. The van der Waals surface area contributed by atoms with Gasteiger partial charge in [-0.2, -0.15) is 0 Å². The van der Waals surface area contributed by atoms with Gasteiger partial charge < -0.3 is 0 Å². The van der Waals surface area contributed by atoms with Crippen LogP contribution in [0.3, 0.4) is 0 Å². The van der Waals surface area contributed by atoms with Gasteiger partial charge in [0.1, 0.15) is 29.1 Å². The molecule has 258 valence electrons. The van der Waals surface area contributed by atoms with Crippen LogP contribution in [-0.2, 0) is 0 Å². The Morgan fingerprint density at radius 3 is 1.00 bits per heavy atom. The van der Waals surface area contributed by atoms with Crippen molar-refractivity contribution in [3.05, 3.63) is 181 Å². The maximum absolute atomic E-state index is 14.3. The van der Waals surface area contributed by atoms with E-state index in [-0.39, 0.29) is 11.6 Å². The van der Waals surface area contributed by atoms with Gasteiger partial charge in [0.15, 0.2) is 0 Å². The number of hydrogen-bond donors (Lipinski definition) is 0. The average Bonchev–Trinajstić information content (AvgIpc) is 3.91. The standard InChI is InChI=1S/C46H30F2N6/c1-29-14-20-35(21-15-29)52-41-11-5-2-8-38(41)49-44(52)30-26-31(45-50-39-9-3-6-12-42(39)53(45)36-22-16-33(47)17-23-36)28-32(27-30)46-51-40-10-4-7-13-43(40)54(46)37-24-18-34(48)19-25-37/h2-28H,1H3. The van der Waals surface area contributed by atoms with E-state index in [1.807, 2.05) is 66.7 Å². The fraction of sp³-hybridized carbons (Fsp3) is 0.0217. The van der Waals surface area contributed by atoms with Crippen molar-refractivity contribution in [3.63, 3.8) is 0 Å². The highest BCUT2D eigenvalue weighted by molar-refractivity contribution is 5.90. The first-order valence-corrected chi connectivity index (χ1v) is 17.7. The summed E-state index contributed by atoms with van der Waals surface area (Å²) in [6, 6.07) is 51.7. The molecule has 0 atom stereocenters. The Labute approximate surface area is 308 Å². The van der Waals surface area contributed by atoms with Crippen LogP contribution < -0.4 is 0 Å². The number of fused-ring (bicyclic) bond motifs is 3. The lowest BCUT2D eigenvalue weighted by atomic mass is 10.0. The van der Waals surface area contributed by atoms with E-state index in [1.165, 1.54) is 24.3 Å². The quantitative estimate of drug-likeness (QED) is 0.173. The fourth-order valence-electron chi connectivity index (χ4n) is 7.33. The zero-order valence-corrected chi connectivity index (χ0v) is 29.0. The third kappa shape index (κ3) is 5.26. The lowest BCUT2D eigenvalue weighted by Crippen LogP contribution is -2.02. The van der Waals surface area contributed by atoms with Gasteiger partial charge in [-0.1, -0.05) is 54.1 Å². The van der Waals surface area contributed by atoms with E-state index >= 15 is 0 Å². The van der Waals surface area contributed by atoms with E-state index in [4.69, 9.17) is 15.0 Å². The van der Waals surface area contributed by atoms with Crippen molar-refractivity contribution < 1.29 is 8.78 Å². The van der Waals surface area contributed by atoms with Gasteiger partial charge in [0.05, 0.1) is 33.1 Å². The summed E-state index contributed by atoms with van der Waals surface area (Å²) in [4.78, 5) is 15.6. The van der Waals surface area contributed by atoms with Gasteiger partial charge in [0.2, 0.25) is 0 Å². The van der Waals surface area contributed by atoms with Crippen molar-refractivity contribution in [2.24, 2.45) is 0 Å². The molecule has 54 heavy (non-hydrogen) atoms. The lowest BCUT2D eigenvalue weighted by molar-refractivity contribution is 0.627. The second-order valence-electron chi connectivity index (χ2n) is 13.4. The smallest absolute Gasteiger partial charge is 0.145 e. The highest BCUT2D eigenvalue weighted by Gasteiger charge is 2.22. The summed E-state index contributed by atoms with van der Waals surface area (Å²) >= 11 is 0. The predicted octanol–water partition coefficient (Wildman–Crippen LogP) is 11.3. The topological polar surface area (TPSA) is 53.5 Å². The van der Waals surface area contributed by atoms with E-state index in [0.717, 1.165) is 78.2 Å². The highest BCUT2D eigenvalue weighted by Crippen LogP contribution is 2.38. The molecule has 0 saturated heterocycles. The number of imidazole rings is 3. The molecule has 0 unspecified atom stereocenters. The Bertz CT molecular complexity index is 2670. The van der Waals surface area contributed by atoms with E-state index in [9.17, 15) is 8.78 Å². The minimum atomic E-state index is -0.316. The van der Waals surface area contributed by atoms with E-state index in [1.54, 1.807) is 24.3 Å². The molecule has 0 bridgehead atoms. The maximum Gasteiger partial charge on any atom is 0.145 e. The number of para-hydroxylation sites is 6. The molecule has 3 heterocycles. The van der Waals surface area contributed by atoms with Crippen LogP contribution >= 0.6 is 0 Å². The van der Waals surface area contributed by atoms with Gasteiger partial charge in [-0.25, -0.2) is 23.7 Å². The van der Waals surface area contributed by atoms with Crippen molar-refractivity contribution in [2.45, 2.75) is 6.92 Å². The fourth-order valence-corrected chi connectivity index (χ4v) is 7.33. The maximum atomic E-state index is 14.3. The van der Waals surface area contributed by atoms with Crippen molar-refractivity contribution in [1.29, 1.82) is 0 Å². The summed E-state index contributed by atoms with van der Waals surface area (Å²) < 4.78 is 34.8. The van der Waals surface area contributed by atoms with Gasteiger partial charge in [0, 0.05) is 33.8 Å². The number of nitrogens with zero attached hydrogens (tertiary/aromatic N) is 6. The molecule has 0 aliphatic rings. The molecule has 0 aliphatic carbocycles. The van der Waals surface area contributed by atoms with Crippen LogP contribution in [0.4, 0.5) is 8.78 Å². The molecular weight excluding hydrogens is 675 g/mol. The van der Waals surface area contributed by atoms with Gasteiger partial charge in [0.25, 0.3) is 0 Å². The van der Waals surface area contributed by atoms with Crippen molar-refractivity contribution in [1.82, 2.24) is 28.7 Å². The monoisotopic (exact) mass is 704 g/mol.